The van der Waals surface area contributed by atoms with Crippen molar-refractivity contribution in [3.05, 3.63) is 11.8 Å². The van der Waals surface area contributed by atoms with Crippen LogP contribution >= 0.6 is 0 Å². The minimum Gasteiger partial charge on any atom is -0.392 e. The molecule has 2 atom stereocenters. The van der Waals surface area contributed by atoms with E-state index in [0.29, 0.717) is 18.8 Å². The molecule has 1 unspecified atom stereocenters. The molecule has 172 valence electrons. The summed E-state index contributed by atoms with van der Waals surface area (Å²) in [6.45, 7) is 8.61. The van der Waals surface area contributed by atoms with Crippen molar-refractivity contribution in [2.24, 2.45) is 0 Å². The fourth-order valence-electron chi connectivity index (χ4n) is 3.19. The van der Waals surface area contributed by atoms with Crippen LogP contribution in [0.2, 0.25) is 0 Å². The molecule has 1 aliphatic rings. The van der Waals surface area contributed by atoms with Crippen molar-refractivity contribution in [3.8, 4) is 0 Å². The SMILES string of the molecule is C=S(C)(=O)N1CCC(S(=O)(=O)C(C)(C)C(=O)Nc2cc(C(C)(C)[C@H](C)O)no2)CC1. The van der Waals surface area contributed by atoms with Gasteiger partial charge in [-0.25, -0.2) is 12.7 Å². The van der Waals surface area contributed by atoms with Gasteiger partial charge in [0.05, 0.1) is 17.0 Å². The third-order valence-corrected chi connectivity index (χ3v) is 10.5. The van der Waals surface area contributed by atoms with E-state index in [-0.39, 0.29) is 18.7 Å². The van der Waals surface area contributed by atoms with Crippen molar-refractivity contribution < 1.29 is 27.1 Å². The van der Waals surface area contributed by atoms with Gasteiger partial charge in [-0.05, 0) is 39.5 Å². The highest BCUT2D eigenvalue weighted by atomic mass is 32.2. The third kappa shape index (κ3) is 4.74. The van der Waals surface area contributed by atoms with Crippen LogP contribution in [-0.4, -0.2) is 74.4 Å². The summed E-state index contributed by atoms with van der Waals surface area (Å²) in [5.74, 6) is 2.94. The maximum absolute atomic E-state index is 13.2. The fraction of sp³-hybridized carbons (Fsp3) is 0.737. The van der Waals surface area contributed by atoms with E-state index in [4.69, 9.17) is 4.52 Å². The Balaban J connectivity index is 2.14. The minimum atomic E-state index is -3.84. The molecule has 2 N–H and O–H groups in total. The number of carbonyl (C=O) groups is 1. The van der Waals surface area contributed by atoms with E-state index in [1.54, 1.807) is 25.1 Å². The zero-order valence-corrected chi connectivity index (χ0v) is 20.1. The highest BCUT2D eigenvalue weighted by Crippen LogP contribution is 2.31. The summed E-state index contributed by atoms with van der Waals surface area (Å²) in [6, 6.07) is 1.48. The lowest BCUT2D eigenvalue weighted by molar-refractivity contribution is -0.118. The highest BCUT2D eigenvalue weighted by molar-refractivity contribution is 7.97. The van der Waals surface area contributed by atoms with Crippen molar-refractivity contribution in [1.29, 1.82) is 0 Å². The Hall–Kier alpha value is -1.43. The van der Waals surface area contributed by atoms with Crippen LogP contribution in [0.15, 0.2) is 10.6 Å². The predicted octanol–water partition coefficient (Wildman–Crippen LogP) is 1.19. The normalized spacial score (nSPS) is 20.5. The molecule has 11 heteroatoms. The second-order valence-corrected chi connectivity index (χ2v) is 14.3. The van der Waals surface area contributed by atoms with Gasteiger partial charge in [0.2, 0.25) is 11.8 Å². The highest BCUT2D eigenvalue weighted by Gasteiger charge is 2.47. The molecule has 0 saturated carbocycles. The standard InChI is InChI=1S/C19H33N3O6S2/c1-13(23)18(2,3)15-12-16(28-21-15)20-17(24)19(4,5)30(26,27)14-8-10-22(11-9-14)29(6,7)25/h12-14,23H,6,8-11H2,1-5,7H3,(H,20,24)/t13-,29?/m0/s1. The number of nitrogens with one attached hydrogen (secondary N) is 1. The molecule has 0 radical (unpaired) electrons. The maximum Gasteiger partial charge on any atom is 0.247 e. The van der Waals surface area contributed by atoms with Crippen LogP contribution in [-0.2, 0) is 29.8 Å². The van der Waals surface area contributed by atoms with E-state index >= 15 is 0 Å². The van der Waals surface area contributed by atoms with Crippen molar-refractivity contribution in [2.45, 2.75) is 69.0 Å². The number of anilines is 1. The zero-order valence-electron chi connectivity index (χ0n) is 18.5. The van der Waals surface area contributed by atoms with Crippen LogP contribution in [0.4, 0.5) is 5.88 Å². The van der Waals surface area contributed by atoms with Gasteiger partial charge in [-0.3, -0.25) is 14.3 Å². The van der Waals surface area contributed by atoms with E-state index in [1.165, 1.54) is 26.2 Å². The number of piperidine rings is 1. The molecule has 9 nitrogen and oxygen atoms in total. The lowest BCUT2D eigenvalue weighted by atomic mass is 9.84. The number of aromatic nitrogens is 1. The van der Waals surface area contributed by atoms with E-state index < -0.39 is 47.0 Å². The Morgan fingerprint density at radius 3 is 2.30 bits per heavy atom. The summed E-state index contributed by atoms with van der Waals surface area (Å²) < 4.78 is 43.6. The number of hydrogen-bond acceptors (Lipinski definition) is 7. The van der Waals surface area contributed by atoms with Gasteiger partial charge in [0, 0.05) is 40.5 Å². The molecular formula is C19H33N3O6S2. The lowest BCUT2D eigenvalue weighted by Gasteiger charge is -2.35. The minimum absolute atomic E-state index is 0.0181. The van der Waals surface area contributed by atoms with Crippen LogP contribution in [0.1, 0.15) is 53.2 Å². The molecule has 1 amide bonds. The molecule has 1 aliphatic heterocycles. The lowest BCUT2D eigenvalue weighted by Crippen LogP contribution is -2.52. The molecule has 1 fully saturated rings. The first-order chi connectivity index (χ1) is 13.5. The first kappa shape index (κ1) is 24.8. The van der Waals surface area contributed by atoms with E-state index in [1.807, 2.05) is 0 Å². The zero-order chi connectivity index (χ0) is 23.1. The van der Waals surface area contributed by atoms with Crippen LogP contribution in [0.3, 0.4) is 0 Å². The Morgan fingerprint density at radius 1 is 1.30 bits per heavy atom. The average Bonchev–Trinajstić information content (AvgIpc) is 3.10. The smallest absolute Gasteiger partial charge is 0.247 e. The van der Waals surface area contributed by atoms with Gasteiger partial charge in [-0.15, -0.1) is 0 Å². The summed E-state index contributed by atoms with van der Waals surface area (Å²) in [4.78, 5) is 12.8. The van der Waals surface area contributed by atoms with Crippen LogP contribution in [0.25, 0.3) is 0 Å². The average molecular weight is 464 g/mol. The molecule has 0 aromatic carbocycles. The van der Waals surface area contributed by atoms with Crippen molar-refractivity contribution in [1.82, 2.24) is 9.46 Å². The molecule has 30 heavy (non-hydrogen) atoms. The number of aliphatic hydroxyl groups is 1. The molecule has 0 aliphatic carbocycles. The number of rotatable bonds is 7. The van der Waals surface area contributed by atoms with E-state index in [9.17, 15) is 22.5 Å². The number of hydrogen-bond donors (Lipinski definition) is 2. The molecule has 1 aromatic rings. The summed E-state index contributed by atoms with van der Waals surface area (Å²) in [5.41, 5.74) is -0.258. The molecular weight excluding hydrogens is 430 g/mol. The van der Waals surface area contributed by atoms with Gasteiger partial charge in [0.1, 0.15) is 4.75 Å². The maximum atomic E-state index is 13.2. The first-order valence-corrected chi connectivity index (χ1v) is 13.4. The number of nitrogens with zero attached hydrogens (tertiary/aromatic N) is 2. The number of amides is 1. The van der Waals surface area contributed by atoms with Crippen LogP contribution in [0.5, 0.6) is 0 Å². The van der Waals surface area contributed by atoms with Crippen LogP contribution < -0.4 is 5.32 Å². The molecule has 1 aromatic heterocycles. The summed E-state index contributed by atoms with van der Waals surface area (Å²) in [5, 5.41) is 15.6. The number of sulfone groups is 1. The molecule has 0 spiro atoms. The Bertz CT molecular complexity index is 985. The Morgan fingerprint density at radius 2 is 1.83 bits per heavy atom. The third-order valence-electron chi connectivity index (χ3n) is 6.10. The molecule has 0 bridgehead atoms. The predicted molar refractivity (Wildman–Crippen MR) is 119 cm³/mol. The second kappa shape index (κ2) is 8.25. The van der Waals surface area contributed by atoms with E-state index in [2.05, 4.69) is 16.3 Å². The van der Waals surface area contributed by atoms with Gasteiger partial charge in [0.25, 0.3) is 0 Å². The molecule has 2 heterocycles. The van der Waals surface area contributed by atoms with Crippen molar-refractivity contribution in [2.75, 3.05) is 24.7 Å². The first-order valence-electron chi connectivity index (χ1n) is 9.78. The van der Waals surface area contributed by atoms with Crippen molar-refractivity contribution in [3.63, 3.8) is 0 Å². The van der Waals surface area contributed by atoms with Gasteiger partial charge >= 0.3 is 0 Å². The van der Waals surface area contributed by atoms with E-state index in [0.717, 1.165) is 0 Å². The second-order valence-electron chi connectivity index (χ2n) is 9.07. The van der Waals surface area contributed by atoms with Gasteiger partial charge < -0.3 is 9.63 Å². The molecule has 2 rings (SSSR count). The summed E-state index contributed by atoms with van der Waals surface area (Å²) in [6.07, 6.45) is 1.40. The van der Waals surface area contributed by atoms with Gasteiger partial charge in [-0.2, -0.15) is 0 Å². The summed E-state index contributed by atoms with van der Waals surface area (Å²) in [7, 11) is -6.22. The quantitative estimate of drug-likeness (QED) is 0.581. The van der Waals surface area contributed by atoms with Crippen molar-refractivity contribution >= 4 is 37.2 Å². The number of aliphatic hydroxyl groups excluding tert-OH is 1. The van der Waals surface area contributed by atoms with Gasteiger partial charge in [0.15, 0.2) is 9.84 Å². The summed E-state index contributed by atoms with van der Waals surface area (Å²) >= 11 is 0. The number of carbonyl (C=O) groups excluding carboxylic acids is 1. The Labute approximate surface area is 179 Å². The monoisotopic (exact) mass is 463 g/mol. The largest absolute Gasteiger partial charge is 0.392 e. The fourth-order valence-corrected chi connectivity index (χ4v) is 6.15. The van der Waals surface area contributed by atoms with Crippen LogP contribution in [0, 0.1) is 0 Å². The molecule has 1 saturated heterocycles. The Kier molecular flexibility index (Phi) is 6.83. The topological polar surface area (TPSA) is 130 Å². The van der Waals surface area contributed by atoms with Gasteiger partial charge in [-0.1, -0.05) is 19.0 Å².